The van der Waals surface area contributed by atoms with Gasteiger partial charge in [0.1, 0.15) is 17.5 Å². The minimum Gasteiger partial charge on any atom is -0.379 e. The number of anilines is 2. The molecule has 1 saturated heterocycles. The van der Waals surface area contributed by atoms with Gasteiger partial charge in [0.2, 0.25) is 5.91 Å². The number of morpholine rings is 1. The van der Waals surface area contributed by atoms with Crippen LogP contribution in [0.4, 0.5) is 15.9 Å². The second-order valence-corrected chi connectivity index (χ2v) is 8.99. The van der Waals surface area contributed by atoms with Crippen molar-refractivity contribution in [1.29, 1.82) is 0 Å². The van der Waals surface area contributed by atoms with Crippen LogP contribution in [0.5, 0.6) is 0 Å². The average molecular weight is 500 g/mol. The van der Waals surface area contributed by atoms with Crippen molar-refractivity contribution in [1.82, 2.24) is 14.9 Å². The molecule has 9 heteroatoms. The van der Waals surface area contributed by atoms with E-state index < -0.39 is 5.82 Å². The third-order valence-corrected chi connectivity index (χ3v) is 6.30. The number of fused-ring (bicyclic) bond motifs is 1. The van der Waals surface area contributed by atoms with Crippen molar-refractivity contribution in [2.75, 3.05) is 56.2 Å². The molecule has 186 valence electrons. The van der Waals surface area contributed by atoms with Gasteiger partial charge in [-0.25, -0.2) is 14.4 Å². The van der Waals surface area contributed by atoms with Gasteiger partial charge in [-0.3, -0.25) is 9.69 Å². The fourth-order valence-electron chi connectivity index (χ4n) is 4.18. The summed E-state index contributed by atoms with van der Waals surface area (Å²) in [5, 5.41) is 4.19. The predicted molar refractivity (Wildman–Crippen MR) is 138 cm³/mol. The molecule has 1 aliphatic heterocycles. The summed E-state index contributed by atoms with van der Waals surface area (Å²) in [5.41, 5.74) is 0.972. The molecule has 35 heavy (non-hydrogen) atoms. The van der Waals surface area contributed by atoms with Crippen LogP contribution < -0.4 is 10.2 Å². The number of rotatable bonds is 10. The molecule has 0 unspecified atom stereocenters. The number of hydrogen-bond donors (Lipinski definition) is 1. The molecule has 2 aromatic carbocycles. The Hall–Kier alpha value is -2.81. The molecule has 7 nitrogen and oxygen atoms in total. The van der Waals surface area contributed by atoms with Gasteiger partial charge in [0, 0.05) is 56.0 Å². The maximum Gasteiger partial charge on any atom is 0.226 e. The summed E-state index contributed by atoms with van der Waals surface area (Å²) in [6.07, 6.45) is 1.80. The first-order valence-corrected chi connectivity index (χ1v) is 12.5. The van der Waals surface area contributed by atoms with Crippen molar-refractivity contribution >= 4 is 39.9 Å². The quantitative estimate of drug-likeness (QED) is 0.441. The lowest BCUT2D eigenvalue weighted by atomic mass is 10.2. The van der Waals surface area contributed by atoms with E-state index in [1.807, 2.05) is 25.1 Å². The van der Waals surface area contributed by atoms with Crippen LogP contribution in [0.25, 0.3) is 10.9 Å². The molecule has 1 amide bonds. The minimum absolute atomic E-state index is 0.187. The largest absolute Gasteiger partial charge is 0.379 e. The van der Waals surface area contributed by atoms with E-state index in [-0.39, 0.29) is 18.0 Å². The number of para-hydroxylation sites is 1. The summed E-state index contributed by atoms with van der Waals surface area (Å²) in [6.45, 7) is 7.51. The van der Waals surface area contributed by atoms with E-state index in [2.05, 4.69) is 20.1 Å². The van der Waals surface area contributed by atoms with Gasteiger partial charge in [-0.05, 0) is 36.8 Å². The SMILES string of the molecule is CCc1nc(N(CCCN2CCOCC2)CCC(=O)Nc2ccccc2F)c2ccc(Cl)cc2n1. The number of nitrogens with one attached hydrogen (secondary N) is 1. The number of aromatic nitrogens is 2. The number of aryl methyl sites for hydroxylation is 1. The first kappa shape index (κ1) is 25.3. The standard InChI is InChI=1S/C26H31ClFN5O2/c1-2-24-29-23-18-19(27)8-9-20(23)26(31-24)33(12-5-11-32-14-16-35-17-15-32)13-10-25(34)30-22-7-4-3-6-21(22)28/h3-4,6-9,18H,2,5,10-17H2,1H3,(H,30,34). The number of carbonyl (C=O) groups is 1. The molecule has 3 aromatic rings. The molecule has 1 aromatic heterocycles. The summed E-state index contributed by atoms with van der Waals surface area (Å²) < 4.78 is 19.4. The third-order valence-electron chi connectivity index (χ3n) is 6.06. The van der Waals surface area contributed by atoms with Crippen LogP contribution in [0.15, 0.2) is 42.5 Å². The van der Waals surface area contributed by atoms with E-state index in [1.165, 1.54) is 6.07 Å². The second-order valence-electron chi connectivity index (χ2n) is 8.55. The van der Waals surface area contributed by atoms with Crippen molar-refractivity contribution in [2.45, 2.75) is 26.2 Å². The highest BCUT2D eigenvalue weighted by atomic mass is 35.5. The summed E-state index contributed by atoms with van der Waals surface area (Å²) in [5.74, 6) is 0.827. The molecule has 4 rings (SSSR count). The molecule has 0 bridgehead atoms. The lowest BCUT2D eigenvalue weighted by Crippen LogP contribution is -2.38. The van der Waals surface area contributed by atoms with Gasteiger partial charge in [0.25, 0.3) is 0 Å². The van der Waals surface area contributed by atoms with Crippen LogP contribution in [0.2, 0.25) is 5.02 Å². The Morgan fingerprint density at radius 3 is 2.74 bits per heavy atom. The van der Waals surface area contributed by atoms with Gasteiger partial charge in [0.05, 0.1) is 24.4 Å². The van der Waals surface area contributed by atoms with E-state index >= 15 is 0 Å². The smallest absolute Gasteiger partial charge is 0.226 e. The van der Waals surface area contributed by atoms with Crippen LogP contribution in [0.1, 0.15) is 25.6 Å². The van der Waals surface area contributed by atoms with E-state index in [0.717, 1.165) is 68.4 Å². The molecular formula is C26H31ClFN5O2. The Morgan fingerprint density at radius 1 is 1.17 bits per heavy atom. The molecule has 0 radical (unpaired) electrons. The van der Waals surface area contributed by atoms with E-state index in [9.17, 15) is 9.18 Å². The fourth-order valence-corrected chi connectivity index (χ4v) is 4.34. The van der Waals surface area contributed by atoms with Gasteiger partial charge < -0.3 is 15.0 Å². The first-order valence-electron chi connectivity index (χ1n) is 12.1. The molecule has 0 atom stereocenters. The lowest BCUT2D eigenvalue weighted by molar-refractivity contribution is -0.116. The Bertz CT molecular complexity index is 1160. The van der Waals surface area contributed by atoms with Crippen molar-refractivity contribution in [2.24, 2.45) is 0 Å². The maximum atomic E-state index is 14.0. The van der Waals surface area contributed by atoms with Crippen LogP contribution >= 0.6 is 11.6 Å². The topological polar surface area (TPSA) is 70.6 Å². The van der Waals surface area contributed by atoms with Crippen molar-refractivity contribution in [3.8, 4) is 0 Å². The van der Waals surface area contributed by atoms with Crippen LogP contribution in [0.3, 0.4) is 0 Å². The van der Waals surface area contributed by atoms with Gasteiger partial charge in [-0.2, -0.15) is 0 Å². The normalized spacial score (nSPS) is 14.3. The predicted octanol–water partition coefficient (Wildman–Crippen LogP) is 4.54. The zero-order valence-electron chi connectivity index (χ0n) is 20.0. The van der Waals surface area contributed by atoms with Crippen LogP contribution in [-0.4, -0.2) is 66.7 Å². The number of nitrogens with zero attached hydrogens (tertiary/aromatic N) is 4. The van der Waals surface area contributed by atoms with Crippen molar-refractivity contribution in [3.63, 3.8) is 0 Å². The number of halogens is 2. The maximum absolute atomic E-state index is 14.0. The number of amides is 1. The van der Waals surface area contributed by atoms with Crippen LogP contribution in [-0.2, 0) is 16.0 Å². The number of hydrogen-bond acceptors (Lipinski definition) is 6. The second kappa shape index (κ2) is 12.2. The molecule has 2 heterocycles. The summed E-state index contributed by atoms with van der Waals surface area (Å²) in [6, 6.07) is 11.8. The monoisotopic (exact) mass is 499 g/mol. The number of ether oxygens (including phenoxy) is 1. The van der Waals surface area contributed by atoms with Gasteiger partial charge in [-0.15, -0.1) is 0 Å². The molecule has 0 saturated carbocycles. The molecule has 1 fully saturated rings. The Kier molecular flexibility index (Phi) is 8.84. The van der Waals surface area contributed by atoms with E-state index in [4.69, 9.17) is 21.3 Å². The lowest BCUT2D eigenvalue weighted by Gasteiger charge is -2.29. The van der Waals surface area contributed by atoms with Gasteiger partial charge in [0.15, 0.2) is 0 Å². The van der Waals surface area contributed by atoms with Gasteiger partial charge in [-0.1, -0.05) is 30.7 Å². The highest BCUT2D eigenvalue weighted by Crippen LogP contribution is 2.27. The van der Waals surface area contributed by atoms with Crippen molar-refractivity contribution in [3.05, 3.63) is 59.1 Å². The fraction of sp³-hybridized carbons (Fsp3) is 0.423. The van der Waals surface area contributed by atoms with E-state index in [1.54, 1.807) is 18.2 Å². The molecule has 0 aliphatic carbocycles. The molecule has 1 N–H and O–H groups in total. The van der Waals surface area contributed by atoms with Crippen molar-refractivity contribution < 1.29 is 13.9 Å². The molecule has 0 spiro atoms. The molecule has 1 aliphatic rings. The highest BCUT2D eigenvalue weighted by Gasteiger charge is 2.18. The third kappa shape index (κ3) is 6.87. The zero-order chi connectivity index (χ0) is 24.6. The average Bonchev–Trinajstić information content (AvgIpc) is 2.87. The zero-order valence-corrected chi connectivity index (χ0v) is 20.7. The van der Waals surface area contributed by atoms with Crippen LogP contribution in [0, 0.1) is 5.82 Å². The highest BCUT2D eigenvalue weighted by molar-refractivity contribution is 6.31. The van der Waals surface area contributed by atoms with Gasteiger partial charge >= 0.3 is 0 Å². The first-order chi connectivity index (χ1) is 17.0. The van der Waals surface area contributed by atoms with E-state index in [0.29, 0.717) is 18.0 Å². The summed E-state index contributed by atoms with van der Waals surface area (Å²) in [7, 11) is 0. The molecular weight excluding hydrogens is 469 g/mol. The Balaban J connectivity index is 1.53. The number of benzene rings is 2. The summed E-state index contributed by atoms with van der Waals surface area (Å²) >= 11 is 6.23. The Labute approximate surface area is 210 Å². The number of carbonyl (C=O) groups excluding carboxylic acids is 1. The summed E-state index contributed by atoms with van der Waals surface area (Å²) in [4.78, 5) is 26.7. The minimum atomic E-state index is -0.450. The Morgan fingerprint density at radius 2 is 1.97 bits per heavy atom.